The predicted octanol–water partition coefficient (Wildman–Crippen LogP) is -0.0616. The van der Waals surface area contributed by atoms with Gasteiger partial charge in [-0.25, -0.2) is 19.4 Å². The zero-order valence-corrected chi connectivity index (χ0v) is 4.34. The summed E-state index contributed by atoms with van der Waals surface area (Å²) in [7, 11) is 0. The van der Waals surface area contributed by atoms with Crippen LogP contribution in [0.5, 0.6) is 0 Å². The number of carbonyl (C=O) groups excluding carboxylic acids is 2. The van der Waals surface area contributed by atoms with Crippen LogP contribution in [0.1, 0.15) is 13.3 Å². The number of hydrogen-bond donors (Lipinski definition) is 0. The van der Waals surface area contributed by atoms with Gasteiger partial charge in [0.15, 0.2) is 0 Å². The van der Waals surface area contributed by atoms with Crippen molar-refractivity contribution in [3.8, 4) is 0 Å². The van der Waals surface area contributed by atoms with Crippen LogP contribution in [-0.4, -0.2) is 12.4 Å². The Kier molecular flexibility index (Phi) is 3.56. The lowest BCUT2D eigenvalue weighted by Crippen LogP contribution is -2.01. The van der Waals surface area contributed by atoms with Crippen LogP contribution in [0.25, 0.3) is 0 Å². The standard InChI is InChI=1S/C4H5O4/c1-2-4(6)8-7-3-5/h2H2,1H3. The van der Waals surface area contributed by atoms with Gasteiger partial charge in [-0.05, 0) is 0 Å². The van der Waals surface area contributed by atoms with E-state index in [1.165, 1.54) is 0 Å². The SMILES string of the molecule is CCC(=O)OO[C]=O. The van der Waals surface area contributed by atoms with Crippen LogP contribution in [0.15, 0.2) is 0 Å². The number of rotatable bonds is 3. The maximum Gasteiger partial charge on any atom is 0.467 e. The lowest BCUT2D eigenvalue weighted by Gasteiger charge is -1.90. The first-order valence-corrected chi connectivity index (χ1v) is 2.04. The van der Waals surface area contributed by atoms with E-state index in [9.17, 15) is 9.59 Å². The molecule has 0 saturated heterocycles. The van der Waals surface area contributed by atoms with Gasteiger partial charge in [0.05, 0.1) is 0 Å². The number of carbonyl (C=O) groups is 1. The van der Waals surface area contributed by atoms with Gasteiger partial charge in [-0.1, -0.05) is 6.92 Å². The van der Waals surface area contributed by atoms with Crippen molar-refractivity contribution < 1.29 is 19.4 Å². The summed E-state index contributed by atoms with van der Waals surface area (Å²) in [6.07, 6.45) is 0.182. The van der Waals surface area contributed by atoms with Crippen LogP contribution in [0.4, 0.5) is 0 Å². The average Bonchev–Trinajstić information content (AvgIpc) is 1.83. The Morgan fingerprint density at radius 1 is 1.75 bits per heavy atom. The van der Waals surface area contributed by atoms with E-state index in [-0.39, 0.29) is 6.42 Å². The summed E-state index contributed by atoms with van der Waals surface area (Å²) in [4.78, 5) is 26.6. The number of hydrogen-bond acceptors (Lipinski definition) is 4. The molecule has 0 rings (SSSR count). The summed E-state index contributed by atoms with van der Waals surface area (Å²) in [5.41, 5.74) is 0. The fraction of sp³-hybridized carbons (Fsp3) is 0.500. The van der Waals surface area contributed by atoms with Gasteiger partial charge in [0.25, 0.3) is 0 Å². The van der Waals surface area contributed by atoms with Crippen LogP contribution in [0.2, 0.25) is 0 Å². The first-order chi connectivity index (χ1) is 3.81. The molecule has 0 amide bonds. The van der Waals surface area contributed by atoms with Crippen LogP contribution >= 0.6 is 0 Å². The highest BCUT2D eigenvalue weighted by molar-refractivity contribution is 5.68. The molecule has 0 fully saturated rings. The molecule has 0 aliphatic rings. The minimum atomic E-state index is -0.589. The quantitative estimate of drug-likeness (QED) is 0.383. The maximum atomic E-state index is 10.0. The molecule has 45 valence electrons. The van der Waals surface area contributed by atoms with Crippen LogP contribution in [-0.2, 0) is 19.4 Å². The second kappa shape index (κ2) is 4.11. The molecule has 0 aromatic carbocycles. The zero-order valence-electron chi connectivity index (χ0n) is 4.34. The second-order valence-electron chi connectivity index (χ2n) is 0.976. The third-order valence-corrected chi connectivity index (χ3v) is 0.457. The highest BCUT2D eigenvalue weighted by atomic mass is 17.2. The molecule has 0 aromatic rings. The molecule has 8 heavy (non-hydrogen) atoms. The summed E-state index contributed by atoms with van der Waals surface area (Å²) in [6.45, 7) is 2.52. The Bertz CT molecular complexity index is 88.0. The van der Waals surface area contributed by atoms with Crippen molar-refractivity contribution in [3.05, 3.63) is 0 Å². The van der Waals surface area contributed by atoms with Crippen LogP contribution in [0, 0.1) is 0 Å². The van der Waals surface area contributed by atoms with E-state index >= 15 is 0 Å². The van der Waals surface area contributed by atoms with E-state index in [1.807, 2.05) is 0 Å². The van der Waals surface area contributed by atoms with Gasteiger partial charge in [-0.15, -0.1) is 0 Å². The fourth-order valence-corrected chi connectivity index (χ4v) is 0.122. The molecule has 0 N–H and O–H groups in total. The molecule has 4 heteroatoms. The minimum Gasteiger partial charge on any atom is -0.247 e. The van der Waals surface area contributed by atoms with Crippen LogP contribution < -0.4 is 0 Å². The van der Waals surface area contributed by atoms with Gasteiger partial charge in [0.1, 0.15) is 0 Å². The monoisotopic (exact) mass is 117 g/mol. The molecule has 0 heterocycles. The molecular weight excluding hydrogens is 112 g/mol. The van der Waals surface area contributed by atoms with Crippen molar-refractivity contribution in [2.24, 2.45) is 0 Å². The summed E-state index contributed by atoms with van der Waals surface area (Å²) in [6, 6.07) is 0. The van der Waals surface area contributed by atoms with Gasteiger partial charge in [-0.3, -0.25) is 0 Å². The van der Waals surface area contributed by atoms with E-state index in [2.05, 4.69) is 9.78 Å². The predicted molar refractivity (Wildman–Crippen MR) is 23.2 cm³/mol. The Hall–Kier alpha value is -1.06. The van der Waals surface area contributed by atoms with Gasteiger partial charge in [-0.2, -0.15) is 0 Å². The third-order valence-electron chi connectivity index (χ3n) is 0.457. The molecule has 0 aliphatic carbocycles. The van der Waals surface area contributed by atoms with Crippen molar-refractivity contribution in [3.63, 3.8) is 0 Å². The van der Waals surface area contributed by atoms with Crippen LogP contribution in [0.3, 0.4) is 0 Å². The molecule has 0 spiro atoms. The Labute approximate surface area is 46.3 Å². The smallest absolute Gasteiger partial charge is 0.247 e. The molecular formula is C4H5O4. The topological polar surface area (TPSA) is 52.6 Å². The normalized spacial score (nSPS) is 7.62. The molecule has 0 aliphatic heterocycles. The summed E-state index contributed by atoms with van der Waals surface area (Å²) >= 11 is 0. The van der Waals surface area contributed by atoms with E-state index in [1.54, 1.807) is 6.92 Å². The van der Waals surface area contributed by atoms with Crippen molar-refractivity contribution in [2.45, 2.75) is 13.3 Å². The lowest BCUT2D eigenvalue weighted by molar-refractivity contribution is -0.221. The van der Waals surface area contributed by atoms with Crippen molar-refractivity contribution in [1.29, 1.82) is 0 Å². The molecule has 4 nitrogen and oxygen atoms in total. The van der Waals surface area contributed by atoms with E-state index in [0.29, 0.717) is 0 Å². The second-order valence-corrected chi connectivity index (χ2v) is 0.976. The van der Waals surface area contributed by atoms with Crippen molar-refractivity contribution in [2.75, 3.05) is 0 Å². The average molecular weight is 117 g/mol. The highest BCUT2D eigenvalue weighted by Gasteiger charge is 1.96. The first kappa shape index (κ1) is 6.94. The molecule has 0 saturated carbocycles. The lowest BCUT2D eigenvalue weighted by atomic mass is 10.5. The summed E-state index contributed by atoms with van der Waals surface area (Å²) < 4.78 is 0. The van der Waals surface area contributed by atoms with E-state index in [0.717, 1.165) is 6.47 Å². The zero-order chi connectivity index (χ0) is 6.41. The first-order valence-electron chi connectivity index (χ1n) is 2.04. The molecule has 0 aromatic heterocycles. The molecule has 0 atom stereocenters. The Morgan fingerprint density at radius 2 is 2.38 bits per heavy atom. The van der Waals surface area contributed by atoms with Gasteiger partial charge >= 0.3 is 12.4 Å². The van der Waals surface area contributed by atoms with Gasteiger partial charge in [0, 0.05) is 6.42 Å². The Balaban J connectivity index is 3.11. The molecule has 1 radical (unpaired) electrons. The fourth-order valence-electron chi connectivity index (χ4n) is 0.122. The minimum absolute atomic E-state index is 0.182. The van der Waals surface area contributed by atoms with Gasteiger partial charge < -0.3 is 0 Å². The highest BCUT2D eigenvalue weighted by Crippen LogP contribution is 1.81. The maximum absolute atomic E-state index is 10.0. The van der Waals surface area contributed by atoms with Gasteiger partial charge in [0.2, 0.25) is 0 Å². The largest absolute Gasteiger partial charge is 0.467 e. The van der Waals surface area contributed by atoms with E-state index < -0.39 is 5.97 Å². The summed E-state index contributed by atoms with van der Waals surface area (Å²) in [5, 5.41) is 0. The molecule has 0 unspecified atom stereocenters. The molecule has 0 bridgehead atoms. The summed E-state index contributed by atoms with van der Waals surface area (Å²) in [5.74, 6) is -0.589. The van der Waals surface area contributed by atoms with Crippen molar-refractivity contribution in [1.82, 2.24) is 0 Å². The van der Waals surface area contributed by atoms with Crippen molar-refractivity contribution >= 4 is 12.4 Å². The Morgan fingerprint density at radius 3 is 2.75 bits per heavy atom. The third kappa shape index (κ3) is 3.14. The van der Waals surface area contributed by atoms with E-state index in [4.69, 9.17) is 0 Å².